The molecule has 0 saturated carbocycles. The first-order valence-electron chi connectivity index (χ1n) is 6.41. The first-order chi connectivity index (χ1) is 7.67. The summed E-state index contributed by atoms with van der Waals surface area (Å²) in [6.07, 6.45) is 2.19. The molecule has 1 aromatic heterocycles. The van der Waals surface area contributed by atoms with Gasteiger partial charge < -0.3 is 5.32 Å². The van der Waals surface area contributed by atoms with Crippen molar-refractivity contribution in [2.75, 3.05) is 7.05 Å². The van der Waals surface area contributed by atoms with Crippen LogP contribution in [0.25, 0.3) is 0 Å². The molecule has 2 atom stereocenters. The normalized spacial score (nSPS) is 15.1. The number of hydrogen-bond acceptors (Lipinski definition) is 2. The van der Waals surface area contributed by atoms with Crippen LogP contribution in [0.4, 0.5) is 0 Å². The molecule has 0 radical (unpaired) electrons. The second-order valence-electron chi connectivity index (χ2n) is 4.38. The van der Waals surface area contributed by atoms with E-state index in [2.05, 4.69) is 48.9 Å². The monoisotopic (exact) mass is 223 g/mol. The molecule has 1 aromatic rings. The topological polar surface area (TPSA) is 29.9 Å². The third-order valence-electron chi connectivity index (χ3n) is 3.37. The molecule has 0 aliphatic heterocycles. The minimum absolute atomic E-state index is 0.415. The smallest absolute Gasteiger partial charge is 0.0625 e. The minimum atomic E-state index is 0.415. The quantitative estimate of drug-likeness (QED) is 0.803. The maximum atomic E-state index is 4.61. The summed E-state index contributed by atoms with van der Waals surface area (Å²) in [6, 6.07) is 2.66. The summed E-state index contributed by atoms with van der Waals surface area (Å²) in [5, 5.41) is 8.03. The summed E-state index contributed by atoms with van der Waals surface area (Å²) in [7, 11) is 2.04. The van der Waals surface area contributed by atoms with Gasteiger partial charge in [0.25, 0.3) is 0 Å². The third-order valence-corrected chi connectivity index (χ3v) is 3.37. The molecule has 0 aliphatic carbocycles. The van der Waals surface area contributed by atoms with Gasteiger partial charge in [0, 0.05) is 6.54 Å². The van der Waals surface area contributed by atoms with E-state index in [0.717, 1.165) is 13.0 Å². The van der Waals surface area contributed by atoms with Crippen molar-refractivity contribution in [3.8, 4) is 0 Å². The molecule has 3 nitrogen and oxygen atoms in total. The molecule has 2 unspecified atom stereocenters. The van der Waals surface area contributed by atoms with E-state index < -0.39 is 0 Å². The van der Waals surface area contributed by atoms with Crippen LogP contribution in [0.5, 0.6) is 0 Å². The number of hydrogen-bond donors (Lipinski definition) is 1. The third kappa shape index (κ3) is 2.64. The van der Waals surface area contributed by atoms with Crippen molar-refractivity contribution in [2.45, 2.75) is 53.1 Å². The van der Waals surface area contributed by atoms with Crippen molar-refractivity contribution < 1.29 is 0 Å². The average molecular weight is 223 g/mol. The lowest BCUT2D eigenvalue weighted by Gasteiger charge is -2.23. The highest BCUT2D eigenvalue weighted by Crippen LogP contribution is 2.24. The van der Waals surface area contributed by atoms with E-state index in [4.69, 9.17) is 0 Å². The Morgan fingerprint density at radius 2 is 2.06 bits per heavy atom. The molecule has 0 amide bonds. The molecule has 16 heavy (non-hydrogen) atoms. The number of aryl methyl sites for hydroxylation is 2. The predicted molar refractivity (Wildman–Crippen MR) is 68.5 cm³/mol. The van der Waals surface area contributed by atoms with Crippen molar-refractivity contribution in [3.63, 3.8) is 0 Å². The molecule has 0 fully saturated rings. The van der Waals surface area contributed by atoms with Crippen molar-refractivity contribution >= 4 is 0 Å². The largest absolute Gasteiger partial charge is 0.311 e. The number of aromatic nitrogens is 2. The van der Waals surface area contributed by atoms with E-state index in [1.54, 1.807) is 0 Å². The summed E-state index contributed by atoms with van der Waals surface area (Å²) < 4.78 is 2.13. The minimum Gasteiger partial charge on any atom is -0.311 e. The van der Waals surface area contributed by atoms with Crippen LogP contribution in [-0.4, -0.2) is 16.8 Å². The van der Waals surface area contributed by atoms with Crippen LogP contribution in [0.2, 0.25) is 0 Å². The first kappa shape index (κ1) is 13.2. The Labute approximate surface area is 99.2 Å². The van der Waals surface area contributed by atoms with Crippen molar-refractivity contribution in [1.29, 1.82) is 0 Å². The number of nitrogens with zero attached hydrogens (tertiary/aromatic N) is 2. The highest BCUT2D eigenvalue weighted by Gasteiger charge is 2.20. The second kappa shape index (κ2) is 6.04. The molecule has 0 saturated heterocycles. The summed E-state index contributed by atoms with van der Waals surface area (Å²) in [5.74, 6) is 0.636. The van der Waals surface area contributed by atoms with Gasteiger partial charge >= 0.3 is 0 Å². The van der Waals surface area contributed by atoms with Gasteiger partial charge in [-0.05, 0) is 32.4 Å². The van der Waals surface area contributed by atoms with Crippen LogP contribution in [0.15, 0.2) is 6.07 Å². The van der Waals surface area contributed by atoms with Crippen LogP contribution in [-0.2, 0) is 13.0 Å². The molecule has 1 N–H and O–H groups in total. The molecular weight excluding hydrogens is 198 g/mol. The van der Waals surface area contributed by atoms with Crippen LogP contribution in [0.3, 0.4) is 0 Å². The molecule has 0 bridgehead atoms. The van der Waals surface area contributed by atoms with Gasteiger partial charge in [-0.15, -0.1) is 0 Å². The fraction of sp³-hybridized carbons (Fsp3) is 0.769. The Kier molecular flexibility index (Phi) is 5.00. The van der Waals surface area contributed by atoms with E-state index >= 15 is 0 Å². The van der Waals surface area contributed by atoms with Gasteiger partial charge in [-0.1, -0.05) is 27.2 Å². The molecule has 1 rings (SSSR count). The Morgan fingerprint density at radius 3 is 2.50 bits per heavy atom. The van der Waals surface area contributed by atoms with Crippen LogP contribution < -0.4 is 5.32 Å². The van der Waals surface area contributed by atoms with E-state index in [1.807, 2.05) is 7.05 Å². The summed E-state index contributed by atoms with van der Waals surface area (Å²) in [4.78, 5) is 0. The molecule has 0 spiro atoms. The zero-order chi connectivity index (χ0) is 12.1. The Bertz CT molecular complexity index is 317. The second-order valence-corrected chi connectivity index (χ2v) is 4.38. The zero-order valence-corrected chi connectivity index (χ0v) is 11.2. The maximum Gasteiger partial charge on any atom is 0.0625 e. The lowest BCUT2D eigenvalue weighted by Crippen LogP contribution is -2.25. The van der Waals surface area contributed by atoms with Gasteiger partial charge in [0.15, 0.2) is 0 Å². The van der Waals surface area contributed by atoms with Crippen LogP contribution in [0.1, 0.15) is 51.5 Å². The Hall–Kier alpha value is -0.830. The fourth-order valence-corrected chi connectivity index (χ4v) is 2.12. The average Bonchev–Trinajstić information content (AvgIpc) is 2.73. The maximum absolute atomic E-state index is 4.61. The molecule has 3 heteroatoms. The van der Waals surface area contributed by atoms with Crippen LogP contribution >= 0.6 is 0 Å². The highest BCUT2D eigenvalue weighted by atomic mass is 15.3. The Morgan fingerprint density at radius 1 is 1.38 bits per heavy atom. The lowest BCUT2D eigenvalue weighted by atomic mass is 9.96. The van der Waals surface area contributed by atoms with Gasteiger partial charge in [0.2, 0.25) is 0 Å². The Balaban J connectivity index is 3.02. The van der Waals surface area contributed by atoms with Crippen LogP contribution in [0, 0.1) is 5.92 Å². The number of rotatable bonds is 6. The van der Waals surface area contributed by atoms with E-state index in [1.165, 1.54) is 17.8 Å². The zero-order valence-electron chi connectivity index (χ0n) is 11.2. The first-order valence-corrected chi connectivity index (χ1v) is 6.41. The van der Waals surface area contributed by atoms with Gasteiger partial charge in [0.05, 0.1) is 17.4 Å². The summed E-state index contributed by atoms with van der Waals surface area (Å²) >= 11 is 0. The van der Waals surface area contributed by atoms with Crippen molar-refractivity contribution in [2.24, 2.45) is 5.92 Å². The molecule has 1 heterocycles. The van der Waals surface area contributed by atoms with Gasteiger partial charge in [-0.25, -0.2) is 0 Å². The standard InChI is InChI=1S/C13H25N3/c1-6-10(4)13(14-5)12-9-11(7-2)15-16(12)8-3/h9-10,13-14H,6-8H2,1-5H3. The SMILES string of the molecule is CCc1cc(C(NC)C(C)CC)n(CC)n1. The lowest BCUT2D eigenvalue weighted by molar-refractivity contribution is 0.375. The van der Waals surface area contributed by atoms with Gasteiger partial charge in [-0.2, -0.15) is 5.10 Å². The van der Waals surface area contributed by atoms with Gasteiger partial charge in [-0.3, -0.25) is 4.68 Å². The highest BCUT2D eigenvalue weighted by molar-refractivity contribution is 5.15. The molecular formula is C13H25N3. The molecule has 92 valence electrons. The number of nitrogens with one attached hydrogen (secondary N) is 1. The molecule has 0 aromatic carbocycles. The van der Waals surface area contributed by atoms with E-state index in [0.29, 0.717) is 12.0 Å². The summed E-state index contributed by atoms with van der Waals surface area (Å²) in [6.45, 7) is 9.79. The van der Waals surface area contributed by atoms with E-state index in [-0.39, 0.29) is 0 Å². The van der Waals surface area contributed by atoms with Gasteiger partial charge in [0.1, 0.15) is 0 Å². The fourth-order valence-electron chi connectivity index (χ4n) is 2.12. The molecule has 0 aliphatic rings. The van der Waals surface area contributed by atoms with Crippen molar-refractivity contribution in [1.82, 2.24) is 15.1 Å². The summed E-state index contributed by atoms with van der Waals surface area (Å²) in [5.41, 5.74) is 2.52. The van der Waals surface area contributed by atoms with E-state index in [9.17, 15) is 0 Å². The van der Waals surface area contributed by atoms with Crippen molar-refractivity contribution in [3.05, 3.63) is 17.5 Å². The predicted octanol–water partition coefficient (Wildman–Crippen LogP) is 2.77.